The maximum atomic E-state index is 12.4. The van der Waals surface area contributed by atoms with Crippen molar-refractivity contribution in [3.8, 4) is 0 Å². The van der Waals surface area contributed by atoms with Crippen molar-refractivity contribution in [2.45, 2.75) is 26.3 Å². The van der Waals surface area contributed by atoms with E-state index in [0.29, 0.717) is 11.3 Å². The van der Waals surface area contributed by atoms with E-state index in [2.05, 4.69) is 0 Å². The molecule has 0 spiro atoms. The lowest BCUT2D eigenvalue weighted by molar-refractivity contribution is -0.145. The standard InChI is InChI=1S/C14H15NO4S2/c1-8(2)5-10(13(17)18)15-12(16)11(21-14(15)20)6-9-3-4-19-7-9/h3-4,6-8,10H,5H2,1-2H3,(H,17,18)/b11-6-. The Hall–Kier alpha value is -1.60. The van der Waals surface area contributed by atoms with Crippen LogP contribution in [0.3, 0.4) is 0 Å². The van der Waals surface area contributed by atoms with Crippen molar-refractivity contribution in [3.05, 3.63) is 29.1 Å². The molecule has 0 aliphatic carbocycles. The van der Waals surface area contributed by atoms with E-state index in [1.165, 1.54) is 17.4 Å². The number of amides is 1. The van der Waals surface area contributed by atoms with Gasteiger partial charge in [-0.3, -0.25) is 9.69 Å². The van der Waals surface area contributed by atoms with Crippen LogP contribution in [0.4, 0.5) is 0 Å². The summed E-state index contributed by atoms with van der Waals surface area (Å²) in [5.41, 5.74) is 0.742. The number of carbonyl (C=O) groups excluding carboxylic acids is 1. The molecule has 2 heterocycles. The van der Waals surface area contributed by atoms with Gasteiger partial charge in [-0.1, -0.05) is 37.8 Å². The molecule has 1 N–H and O–H groups in total. The molecule has 1 amide bonds. The first-order valence-electron chi connectivity index (χ1n) is 6.42. The lowest BCUT2D eigenvalue weighted by Gasteiger charge is -2.24. The zero-order valence-electron chi connectivity index (χ0n) is 11.6. The molecule has 112 valence electrons. The Morgan fingerprint density at radius 2 is 2.29 bits per heavy atom. The van der Waals surface area contributed by atoms with Crippen molar-refractivity contribution in [2.75, 3.05) is 0 Å². The summed E-state index contributed by atoms with van der Waals surface area (Å²) in [7, 11) is 0. The van der Waals surface area contributed by atoms with Gasteiger partial charge in [-0.2, -0.15) is 0 Å². The van der Waals surface area contributed by atoms with Gasteiger partial charge in [0.25, 0.3) is 5.91 Å². The molecule has 0 aromatic carbocycles. The van der Waals surface area contributed by atoms with E-state index in [1.54, 1.807) is 12.1 Å². The molecule has 7 heteroatoms. The smallest absolute Gasteiger partial charge is 0.326 e. The Morgan fingerprint density at radius 3 is 2.81 bits per heavy atom. The first kappa shape index (κ1) is 15.8. The number of rotatable bonds is 5. The summed E-state index contributed by atoms with van der Waals surface area (Å²) in [5.74, 6) is -1.25. The Kier molecular flexibility index (Phi) is 4.84. The van der Waals surface area contributed by atoms with E-state index in [-0.39, 0.29) is 16.1 Å². The van der Waals surface area contributed by atoms with E-state index in [4.69, 9.17) is 16.6 Å². The molecule has 1 aromatic heterocycles. The second-order valence-corrected chi connectivity index (χ2v) is 6.77. The molecule has 1 aliphatic heterocycles. The van der Waals surface area contributed by atoms with Crippen LogP contribution < -0.4 is 0 Å². The highest BCUT2D eigenvalue weighted by atomic mass is 32.2. The molecule has 1 unspecified atom stereocenters. The van der Waals surface area contributed by atoms with Crippen molar-refractivity contribution in [1.29, 1.82) is 0 Å². The van der Waals surface area contributed by atoms with E-state index >= 15 is 0 Å². The molecule has 0 radical (unpaired) electrons. The van der Waals surface area contributed by atoms with E-state index in [1.807, 2.05) is 13.8 Å². The normalized spacial score (nSPS) is 18.8. The predicted molar refractivity (Wildman–Crippen MR) is 84.6 cm³/mol. The van der Waals surface area contributed by atoms with Crippen LogP contribution in [0.15, 0.2) is 27.9 Å². The first-order valence-corrected chi connectivity index (χ1v) is 7.64. The van der Waals surface area contributed by atoms with E-state index in [0.717, 1.165) is 17.3 Å². The average molecular weight is 325 g/mol. The van der Waals surface area contributed by atoms with Gasteiger partial charge in [0.1, 0.15) is 10.4 Å². The minimum absolute atomic E-state index is 0.147. The number of hydrogen-bond acceptors (Lipinski definition) is 5. The molecule has 1 aromatic rings. The first-order chi connectivity index (χ1) is 9.90. The third-order valence-electron chi connectivity index (χ3n) is 2.96. The van der Waals surface area contributed by atoms with Gasteiger partial charge in [-0.15, -0.1) is 0 Å². The molecule has 1 aliphatic rings. The van der Waals surface area contributed by atoms with Gasteiger partial charge in [0.15, 0.2) is 0 Å². The fourth-order valence-corrected chi connectivity index (χ4v) is 3.38. The Morgan fingerprint density at radius 1 is 1.57 bits per heavy atom. The van der Waals surface area contributed by atoms with Crippen molar-refractivity contribution in [1.82, 2.24) is 4.90 Å². The van der Waals surface area contributed by atoms with E-state index < -0.39 is 12.0 Å². The van der Waals surface area contributed by atoms with Gasteiger partial charge in [0.05, 0.1) is 17.4 Å². The highest BCUT2D eigenvalue weighted by molar-refractivity contribution is 8.26. The van der Waals surface area contributed by atoms with Crippen molar-refractivity contribution >= 4 is 46.3 Å². The summed E-state index contributed by atoms with van der Waals surface area (Å²) in [6, 6.07) is 0.794. The number of hydrogen-bond donors (Lipinski definition) is 1. The maximum Gasteiger partial charge on any atom is 0.326 e. The van der Waals surface area contributed by atoms with Crippen molar-refractivity contribution < 1.29 is 19.1 Å². The molecule has 5 nitrogen and oxygen atoms in total. The molecule has 1 saturated heterocycles. The number of carboxylic acid groups (broad SMARTS) is 1. The van der Waals surface area contributed by atoms with Gasteiger partial charge < -0.3 is 9.52 Å². The molecule has 0 bridgehead atoms. The van der Waals surface area contributed by atoms with Gasteiger partial charge in [-0.25, -0.2) is 4.79 Å². The van der Waals surface area contributed by atoms with Gasteiger partial charge >= 0.3 is 5.97 Å². The minimum Gasteiger partial charge on any atom is -0.480 e. The van der Waals surface area contributed by atoms with Crippen LogP contribution in [0.2, 0.25) is 0 Å². The molecule has 21 heavy (non-hydrogen) atoms. The third-order valence-corrected chi connectivity index (χ3v) is 4.29. The SMILES string of the molecule is CC(C)CC(C(=O)O)N1C(=O)/C(=C/c2ccoc2)SC1=S. The number of carbonyl (C=O) groups is 2. The molecule has 0 saturated carbocycles. The second kappa shape index (κ2) is 6.44. The van der Waals surface area contributed by atoms with Crippen LogP contribution in [-0.2, 0) is 9.59 Å². The van der Waals surface area contributed by atoms with Gasteiger partial charge in [-0.05, 0) is 24.5 Å². The summed E-state index contributed by atoms with van der Waals surface area (Å²) in [5, 5.41) is 9.36. The van der Waals surface area contributed by atoms with Crippen LogP contribution in [-0.4, -0.2) is 32.2 Å². The molecule has 1 fully saturated rings. The lowest BCUT2D eigenvalue weighted by atomic mass is 10.0. The predicted octanol–water partition coefficient (Wildman–Crippen LogP) is 2.98. The lowest BCUT2D eigenvalue weighted by Crippen LogP contribution is -2.44. The number of furan rings is 1. The molecule has 1 atom stereocenters. The molecular weight excluding hydrogens is 310 g/mol. The molecular formula is C14H15NO4S2. The summed E-state index contributed by atoms with van der Waals surface area (Å²) in [4.78, 5) is 25.5. The summed E-state index contributed by atoms with van der Waals surface area (Å²) < 4.78 is 5.23. The summed E-state index contributed by atoms with van der Waals surface area (Å²) in [6.07, 6.45) is 5.03. The number of aliphatic carboxylic acids is 1. The van der Waals surface area contributed by atoms with Crippen molar-refractivity contribution in [2.24, 2.45) is 5.92 Å². The van der Waals surface area contributed by atoms with Crippen LogP contribution in [0.5, 0.6) is 0 Å². The minimum atomic E-state index is -1.04. The Balaban J connectivity index is 2.27. The third kappa shape index (κ3) is 3.54. The highest BCUT2D eigenvalue weighted by Crippen LogP contribution is 2.35. The zero-order chi connectivity index (χ0) is 15.6. The number of carboxylic acids is 1. The largest absolute Gasteiger partial charge is 0.480 e. The van der Waals surface area contributed by atoms with Crippen LogP contribution in [0, 0.1) is 5.92 Å². The Labute approximate surface area is 132 Å². The van der Waals surface area contributed by atoms with Gasteiger partial charge in [0, 0.05) is 5.56 Å². The maximum absolute atomic E-state index is 12.4. The molecule has 2 rings (SSSR count). The zero-order valence-corrected chi connectivity index (χ0v) is 13.2. The van der Waals surface area contributed by atoms with Crippen LogP contribution >= 0.6 is 24.0 Å². The van der Waals surface area contributed by atoms with Crippen LogP contribution in [0.25, 0.3) is 6.08 Å². The monoisotopic (exact) mass is 325 g/mol. The number of thioether (sulfide) groups is 1. The number of nitrogens with zero attached hydrogens (tertiary/aromatic N) is 1. The van der Waals surface area contributed by atoms with Crippen molar-refractivity contribution in [3.63, 3.8) is 0 Å². The average Bonchev–Trinajstić information content (AvgIpc) is 2.97. The van der Waals surface area contributed by atoms with Gasteiger partial charge in [0.2, 0.25) is 0 Å². The quantitative estimate of drug-likeness (QED) is 0.663. The fraction of sp³-hybridized carbons (Fsp3) is 0.357. The summed E-state index contributed by atoms with van der Waals surface area (Å²) >= 11 is 6.30. The highest BCUT2D eigenvalue weighted by Gasteiger charge is 2.40. The Bertz CT molecular complexity index is 592. The summed E-state index contributed by atoms with van der Waals surface area (Å²) in [6.45, 7) is 3.82. The number of thiocarbonyl (C=S) groups is 1. The topological polar surface area (TPSA) is 70.8 Å². The van der Waals surface area contributed by atoms with E-state index in [9.17, 15) is 14.7 Å². The second-order valence-electron chi connectivity index (χ2n) is 5.09. The fourth-order valence-electron chi connectivity index (χ4n) is 2.02. The van der Waals surface area contributed by atoms with Crippen LogP contribution in [0.1, 0.15) is 25.8 Å².